The Balaban J connectivity index is -0.000000567. The van der Waals surface area contributed by atoms with Gasteiger partial charge in [0.2, 0.25) is 0 Å². The van der Waals surface area contributed by atoms with Crippen molar-refractivity contribution in [2.45, 2.75) is 60.8 Å². The average Bonchev–Trinajstić information content (AvgIpc) is 2.67. The number of allylic oxidation sites excluding steroid dienone is 4. The molecule has 0 fully saturated rings. The van der Waals surface area contributed by atoms with Crippen molar-refractivity contribution in [2.24, 2.45) is 0 Å². The molecule has 150 valence electrons. The highest BCUT2D eigenvalue weighted by atomic mass is 16.5. The van der Waals surface area contributed by atoms with Crippen LogP contribution < -0.4 is 5.32 Å². The van der Waals surface area contributed by atoms with Gasteiger partial charge in [-0.15, -0.1) is 0 Å². The number of ether oxygens (including phenoxy) is 1. The lowest BCUT2D eigenvalue weighted by Gasteiger charge is -2.07. The fourth-order valence-electron chi connectivity index (χ4n) is 1.60. The summed E-state index contributed by atoms with van der Waals surface area (Å²) in [6.45, 7) is 16.7. The highest BCUT2D eigenvalue weighted by Crippen LogP contribution is 2.08. The van der Waals surface area contributed by atoms with Gasteiger partial charge in [-0.3, -0.25) is 0 Å². The number of rotatable bonds is 7. The van der Waals surface area contributed by atoms with Gasteiger partial charge in [-0.25, -0.2) is 0 Å². The van der Waals surface area contributed by atoms with E-state index in [1.54, 1.807) is 0 Å². The first kappa shape index (κ1) is 29.0. The number of aryl methyl sites for hydroxylation is 1. The minimum atomic E-state index is 0.746. The van der Waals surface area contributed by atoms with Gasteiger partial charge in [0.05, 0.1) is 6.61 Å². The van der Waals surface area contributed by atoms with Gasteiger partial charge in [-0.05, 0) is 64.1 Å². The zero-order chi connectivity index (χ0) is 20.6. The van der Waals surface area contributed by atoms with E-state index in [1.807, 2.05) is 66.1 Å². The van der Waals surface area contributed by atoms with Gasteiger partial charge in [-0.1, -0.05) is 77.1 Å². The number of nitrogens with one attached hydrogen (secondary N) is 1. The lowest BCUT2D eigenvalue weighted by atomic mass is 10.1. The summed E-state index contributed by atoms with van der Waals surface area (Å²) in [5.41, 5.74) is 2.48. The highest BCUT2D eigenvalue weighted by Gasteiger charge is 1.95. The van der Waals surface area contributed by atoms with Crippen LogP contribution in [0, 0.1) is 0 Å². The number of hydrogen-bond donors (Lipinski definition) is 1. The van der Waals surface area contributed by atoms with E-state index in [-0.39, 0.29) is 0 Å². The summed E-state index contributed by atoms with van der Waals surface area (Å²) in [7, 11) is 3.75. The molecule has 0 atom stereocenters. The highest BCUT2D eigenvalue weighted by molar-refractivity contribution is 5.23. The van der Waals surface area contributed by atoms with E-state index in [1.165, 1.54) is 12.0 Å². The lowest BCUT2D eigenvalue weighted by Crippen LogP contribution is -1.96. The zero-order valence-electron chi connectivity index (χ0n) is 18.6. The first-order chi connectivity index (χ1) is 12.6. The molecule has 0 spiro atoms. The molecule has 0 aliphatic rings. The van der Waals surface area contributed by atoms with Crippen LogP contribution in [0.15, 0.2) is 66.5 Å². The van der Waals surface area contributed by atoms with Crippen LogP contribution in [0.3, 0.4) is 0 Å². The molecule has 2 nitrogen and oxygen atoms in total. The van der Waals surface area contributed by atoms with Gasteiger partial charge < -0.3 is 10.1 Å². The van der Waals surface area contributed by atoms with Gasteiger partial charge in [-0.2, -0.15) is 0 Å². The van der Waals surface area contributed by atoms with E-state index in [4.69, 9.17) is 4.74 Å². The first-order valence-electron chi connectivity index (χ1n) is 9.81. The van der Waals surface area contributed by atoms with E-state index >= 15 is 0 Å². The molecule has 0 aliphatic heterocycles. The molecular weight excluding hydrogens is 318 g/mol. The third-order valence-corrected chi connectivity index (χ3v) is 2.70. The molecule has 0 aromatic heterocycles. The van der Waals surface area contributed by atoms with Crippen LogP contribution in [-0.2, 0) is 11.2 Å². The van der Waals surface area contributed by atoms with Gasteiger partial charge in [0.15, 0.2) is 0 Å². The Hall–Kier alpha value is -1.80. The third-order valence-electron chi connectivity index (χ3n) is 2.70. The Morgan fingerprint density at radius 1 is 1.12 bits per heavy atom. The SMILES string of the molecule is C=C/C(C)=C\C(=C/C)OCCCc1ccccc1.CC.CCC.CNC. The largest absolute Gasteiger partial charge is 0.494 e. The maximum absolute atomic E-state index is 5.72. The second-order valence-corrected chi connectivity index (χ2v) is 5.43. The molecule has 0 radical (unpaired) electrons. The molecule has 0 heterocycles. The van der Waals surface area contributed by atoms with Crippen molar-refractivity contribution in [3.05, 3.63) is 72.0 Å². The van der Waals surface area contributed by atoms with Crippen molar-refractivity contribution < 1.29 is 4.74 Å². The van der Waals surface area contributed by atoms with Crippen molar-refractivity contribution in [1.82, 2.24) is 5.32 Å². The molecule has 1 N–H and O–H groups in total. The summed E-state index contributed by atoms with van der Waals surface area (Å²) in [5, 5.41) is 2.75. The summed E-state index contributed by atoms with van der Waals surface area (Å²) < 4.78 is 5.72. The van der Waals surface area contributed by atoms with Crippen LogP contribution in [0.2, 0.25) is 0 Å². The monoisotopic (exact) mass is 361 g/mol. The lowest BCUT2D eigenvalue weighted by molar-refractivity contribution is 0.220. The van der Waals surface area contributed by atoms with Crippen molar-refractivity contribution in [3.63, 3.8) is 0 Å². The summed E-state index contributed by atoms with van der Waals surface area (Å²) in [6, 6.07) is 10.5. The first-order valence-corrected chi connectivity index (χ1v) is 9.81. The quantitative estimate of drug-likeness (QED) is 0.322. The Morgan fingerprint density at radius 3 is 2.04 bits per heavy atom. The zero-order valence-corrected chi connectivity index (χ0v) is 18.6. The second kappa shape index (κ2) is 25.4. The average molecular weight is 362 g/mol. The van der Waals surface area contributed by atoms with E-state index in [2.05, 4.69) is 50.0 Å². The van der Waals surface area contributed by atoms with Crippen molar-refractivity contribution in [3.8, 4) is 0 Å². The molecule has 0 bridgehead atoms. The predicted octanol–water partition coefficient (Wildman–Crippen LogP) is 6.95. The predicted molar refractivity (Wildman–Crippen MR) is 121 cm³/mol. The molecule has 0 unspecified atom stereocenters. The molecule has 1 rings (SSSR count). The Bertz CT molecular complexity index is 445. The molecule has 0 aliphatic carbocycles. The summed E-state index contributed by atoms with van der Waals surface area (Å²) in [6.07, 6.45) is 9.16. The molecule has 0 saturated heterocycles. The fraction of sp³-hybridized carbons (Fsp3) is 0.500. The van der Waals surface area contributed by atoms with Gasteiger partial charge in [0.25, 0.3) is 0 Å². The van der Waals surface area contributed by atoms with Crippen molar-refractivity contribution in [1.29, 1.82) is 0 Å². The van der Waals surface area contributed by atoms with E-state index in [9.17, 15) is 0 Å². The molecule has 1 aromatic rings. The maximum atomic E-state index is 5.72. The maximum Gasteiger partial charge on any atom is 0.115 e. The Kier molecular flexibility index (Phi) is 28.4. The molecule has 26 heavy (non-hydrogen) atoms. The number of benzene rings is 1. The molecular formula is C24H43NO. The van der Waals surface area contributed by atoms with E-state index in [0.717, 1.165) is 30.8 Å². The summed E-state index contributed by atoms with van der Waals surface area (Å²) in [4.78, 5) is 0. The molecule has 2 heteroatoms. The van der Waals surface area contributed by atoms with Crippen LogP contribution in [-0.4, -0.2) is 20.7 Å². The summed E-state index contributed by atoms with van der Waals surface area (Å²) >= 11 is 0. The van der Waals surface area contributed by atoms with Crippen LogP contribution in [0.1, 0.15) is 59.9 Å². The van der Waals surface area contributed by atoms with Crippen molar-refractivity contribution >= 4 is 0 Å². The van der Waals surface area contributed by atoms with Gasteiger partial charge in [0, 0.05) is 0 Å². The molecule has 0 saturated carbocycles. The molecule has 0 amide bonds. The van der Waals surface area contributed by atoms with E-state index < -0.39 is 0 Å². The van der Waals surface area contributed by atoms with Gasteiger partial charge >= 0.3 is 0 Å². The normalized spacial score (nSPS) is 10.2. The Morgan fingerprint density at radius 2 is 1.62 bits per heavy atom. The van der Waals surface area contributed by atoms with Crippen molar-refractivity contribution in [2.75, 3.05) is 20.7 Å². The number of hydrogen-bond acceptors (Lipinski definition) is 2. The van der Waals surface area contributed by atoms with Gasteiger partial charge in [0.1, 0.15) is 5.76 Å². The third kappa shape index (κ3) is 22.2. The van der Waals surface area contributed by atoms with Crippen LogP contribution >= 0.6 is 0 Å². The van der Waals surface area contributed by atoms with Crippen LogP contribution in [0.5, 0.6) is 0 Å². The van der Waals surface area contributed by atoms with Crippen LogP contribution in [0.4, 0.5) is 0 Å². The second-order valence-electron chi connectivity index (χ2n) is 5.43. The Labute approximate surface area is 164 Å². The van der Waals surface area contributed by atoms with Crippen LogP contribution in [0.25, 0.3) is 0 Å². The minimum Gasteiger partial charge on any atom is -0.494 e. The fourth-order valence-corrected chi connectivity index (χ4v) is 1.60. The summed E-state index contributed by atoms with van der Waals surface area (Å²) in [5.74, 6) is 0.917. The molecule has 1 aromatic carbocycles. The standard InChI is InChI=1S/C17H22O.C3H8.C2H7N.C2H6/c1-4-15(3)14-17(5-2)18-13-9-12-16-10-7-6-8-11-16;2*1-3-2;1-2/h4-8,10-11,14H,1,9,12-13H2,2-3H3;3H2,1-2H3;3H,1-2H3;1-2H3/b15-14-,17-5+;;;. The van der Waals surface area contributed by atoms with E-state index in [0.29, 0.717) is 0 Å². The smallest absolute Gasteiger partial charge is 0.115 e. The topological polar surface area (TPSA) is 21.3 Å². The minimum absolute atomic E-state index is 0.746.